The number of unbranched alkanes of at least 4 members (excludes halogenated alkanes) is 16. The maximum absolute atomic E-state index is 2.58. The summed E-state index contributed by atoms with van der Waals surface area (Å²) in [7, 11) is 0. The van der Waals surface area contributed by atoms with Gasteiger partial charge in [0.2, 0.25) is 0 Å². The fourth-order valence-corrected chi connectivity index (χ4v) is 4.53. The Bertz CT molecular complexity index is 477. The molecule has 0 saturated heterocycles. The Hall–Kier alpha value is -0.790. The van der Waals surface area contributed by atoms with Crippen LogP contribution in [-0.4, -0.2) is 4.57 Å². The van der Waals surface area contributed by atoms with Crippen molar-refractivity contribution in [1.29, 1.82) is 0 Å². The average Bonchev–Trinajstić information content (AvgIpc) is 3.14. The van der Waals surface area contributed by atoms with Crippen molar-refractivity contribution in [3.8, 4) is 0 Å². The molecule has 1 aromatic heterocycles. The third-order valence-corrected chi connectivity index (χ3v) is 6.60. The molecule has 0 atom stereocenters. The van der Waals surface area contributed by atoms with Crippen LogP contribution in [0.5, 0.6) is 0 Å². The molecule has 0 fully saturated rings. The van der Waals surface area contributed by atoms with Crippen molar-refractivity contribution in [1.82, 2.24) is 4.57 Å². The van der Waals surface area contributed by atoms with Crippen LogP contribution >= 0.6 is 0 Å². The lowest BCUT2D eigenvalue weighted by Gasteiger charge is -2.06. The van der Waals surface area contributed by atoms with Gasteiger partial charge >= 0.3 is 0 Å². The van der Waals surface area contributed by atoms with Gasteiger partial charge in [-0.05, 0) is 25.7 Å². The highest BCUT2D eigenvalue weighted by Crippen LogP contribution is 2.13. The van der Waals surface area contributed by atoms with E-state index in [1.54, 1.807) is 5.82 Å². The summed E-state index contributed by atoms with van der Waals surface area (Å²) in [5.41, 5.74) is 0. The van der Waals surface area contributed by atoms with E-state index in [0.717, 1.165) is 0 Å². The third kappa shape index (κ3) is 13.5. The molecule has 0 aliphatic rings. The number of hydrogen-bond donors (Lipinski definition) is 0. The van der Waals surface area contributed by atoms with Crippen LogP contribution in [0.3, 0.4) is 0 Å². The first-order valence-corrected chi connectivity index (χ1v) is 13.9. The zero-order valence-corrected chi connectivity index (χ0v) is 21.1. The molecule has 0 aliphatic heterocycles. The van der Waals surface area contributed by atoms with Crippen LogP contribution in [0.1, 0.15) is 149 Å². The first-order valence-electron chi connectivity index (χ1n) is 13.9. The number of imidazole rings is 1. The van der Waals surface area contributed by atoms with E-state index in [4.69, 9.17) is 0 Å². The van der Waals surface area contributed by atoms with Gasteiger partial charge < -0.3 is 0 Å². The minimum Gasteiger partial charge on any atom is -0.234 e. The molecule has 0 aromatic carbocycles. The summed E-state index contributed by atoms with van der Waals surface area (Å²) >= 11 is 0. The number of aryl methyl sites for hydroxylation is 2. The highest BCUT2D eigenvalue weighted by Gasteiger charge is 2.16. The van der Waals surface area contributed by atoms with Crippen molar-refractivity contribution < 1.29 is 4.57 Å². The van der Waals surface area contributed by atoms with Gasteiger partial charge in [-0.25, -0.2) is 9.13 Å². The quantitative estimate of drug-likeness (QED) is 0.131. The normalized spacial score (nSPS) is 11.4. The fourth-order valence-electron chi connectivity index (χ4n) is 4.53. The van der Waals surface area contributed by atoms with Gasteiger partial charge in [0, 0.05) is 6.42 Å². The van der Waals surface area contributed by atoms with Crippen LogP contribution in [0.2, 0.25) is 0 Å². The minimum atomic E-state index is 1.20. The van der Waals surface area contributed by atoms with Crippen LogP contribution in [0.4, 0.5) is 0 Å². The van der Waals surface area contributed by atoms with E-state index in [1.807, 2.05) is 0 Å². The van der Waals surface area contributed by atoms with Gasteiger partial charge in [-0.15, -0.1) is 0 Å². The molecular formula is C28H55N2+. The number of nitrogens with zero attached hydrogens (tertiary/aromatic N) is 2. The van der Waals surface area contributed by atoms with Crippen molar-refractivity contribution in [2.45, 2.75) is 162 Å². The van der Waals surface area contributed by atoms with Gasteiger partial charge in [-0.3, -0.25) is 0 Å². The van der Waals surface area contributed by atoms with E-state index >= 15 is 0 Å². The molecule has 0 amide bonds. The van der Waals surface area contributed by atoms with Crippen molar-refractivity contribution in [2.75, 3.05) is 0 Å². The van der Waals surface area contributed by atoms with Crippen LogP contribution < -0.4 is 4.57 Å². The molecule has 0 bridgehead atoms. The van der Waals surface area contributed by atoms with Gasteiger partial charge in [0.25, 0.3) is 5.82 Å². The van der Waals surface area contributed by atoms with E-state index in [2.05, 4.69) is 42.3 Å². The zero-order chi connectivity index (χ0) is 21.7. The van der Waals surface area contributed by atoms with E-state index in [0.29, 0.717) is 0 Å². The lowest BCUT2D eigenvalue weighted by atomic mass is 10.1. The van der Waals surface area contributed by atoms with E-state index < -0.39 is 0 Å². The van der Waals surface area contributed by atoms with Crippen molar-refractivity contribution in [3.63, 3.8) is 0 Å². The topological polar surface area (TPSA) is 8.81 Å². The fraction of sp³-hybridized carbons (Fsp3) is 0.893. The van der Waals surface area contributed by atoms with E-state index in [1.165, 1.54) is 142 Å². The molecule has 1 rings (SSSR count). The summed E-state index contributed by atoms with van der Waals surface area (Å²) in [5.74, 6) is 1.59. The predicted octanol–water partition coefficient (Wildman–Crippen LogP) is 8.79. The summed E-state index contributed by atoms with van der Waals surface area (Å²) in [4.78, 5) is 0. The Morgan fingerprint density at radius 3 is 1.57 bits per heavy atom. The molecule has 176 valence electrons. The molecular weight excluding hydrogens is 364 g/mol. The average molecular weight is 420 g/mol. The Balaban J connectivity index is 2.19. The molecule has 0 aliphatic carbocycles. The van der Waals surface area contributed by atoms with Crippen LogP contribution in [0.15, 0.2) is 12.4 Å². The lowest BCUT2D eigenvalue weighted by molar-refractivity contribution is -0.704. The van der Waals surface area contributed by atoms with Gasteiger partial charge in [0.1, 0.15) is 12.4 Å². The second-order valence-corrected chi connectivity index (χ2v) is 9.51. The van der Waals surface area contributed by atoms with Gasteiger partial charge in [-0.1, -0.05) is 117 Å². The highest BCUT2D eigenvalue weighted by atomic mass is 15.1. The number of rotatable bonds is 22. The van der Waals surface area contributed by atoms with Crippen LogP contribution in [-0.2, 0) is 19.5 Å². The molecule has 0 radical (unpaired) electrons. The van der Waals surface area contributed by atoms with E-state index in [-0.39, 0.29) is 0 Å². The van der Waals surface area contributed by atoms with Crippen molar-refractivity contribution >= 4 is 0 Å². The first-order chi connectivity index (χ1) is 14.8. The molecule has 1 heterocycles. The zero-order valence-electron chi connectivity index (χ0n) is 21.1. The monoisotopic (exact) mass is 419 g/mol. The molecule has 0 spiro atoms. The lowest BCUT2D eigenvalue weighted by Crippen LogP contribution is -2.37. The smallest absolute Gasteiger partial charge is 0.234 e. The summed E-state index contributed by atoms with van der Waals surface area (Å²) in [6.07, 6.45) is 32.6. The van der Waals surface area contributed by atoms with Crippen LogP contribution in [0, 0.1) is 0 Å². The molecule has 0 N–H and O–H groups in total. The highest BCUT2D eigenvalue weighted by molar-refractivity contribution is 4.84. The number of aromatic nitrogens is 2. The van der Waals surface area contributed by atoms with E-state index in [9.17, 15) is 0 Å². The second kappa shape index (κ2) is 20.1. The SMILES string of the molecule is CCCCCCCCCCCCCC[n+]1ccn(CCCC)c1CCCCCCC. The molecule has 0 saturated carbocycles. The molecule has 1 aromatic rings. The Morgan fingerprint density at radius 1 is 0.567 bits per heavy atom. The molecule has 0 unspecified atom stereocenters. The summed E-state index contributed by atoms with van der Waals surface area (Å²) in [6, 6.07) is 0. The minimum absolute atomic E-state index is 1.20. The van der Waals surface area contributed by atoms with Gasteiger partial charge in [-0.2, -0.15) is 0 Å². The maximum Gasteiger partial charge on any atom is 0.256 e. The second-order valence-electron chi connectivity index (χ2n) is 9.51. The van der Waals surface area contributed by atoms with Gasteiger partial charge in [0.15, 0.2) is 0 Å². The van der Waals surface area contributed by atoms with Crippen molar-refractivity contribution in [3.05, 3.63) is 18.2 Å². The van der Waals surface area contributed by atoms with Crippen LogP contribution in [0.25, 0.3) is 0 Å². The first kappa shape index (κ1) is 27.2. The Morgan fingerprint density at radius 2 is 1.03 bits per heavy atom. The maximum atomic E-state index is 2.58. The third-order valence-electron chi connectivity index (χ3n) is 6.60. The summed E-state index contributed by atoms with van der Waals surface area (Å²) in [5, 5.41) is 0. The van der Waals surface area contributed by atoms with Gasteiger partial charge in [0.05, 0.1) is 13.1 Å². The summed E-state index contributed by atoms with van der Waals surface area (Å²) < 4.78 is 5.12. The molecule has 2 heteroatoms. The standard InChI is InChI=1S/C28H55N2/c1-4-7-10-12-13-14-15-16-17-18-20-22-25-30-27-26-29(24-9-6-3)28(30)23-21-19-11-8-5-2/h26-27H,4-25H2,1-3H3/q+1. The Kier molecular flexibility index (Phi) is 18.3. The molecule has 2 nitrogen and oxygen atoms in total. The molecule has 30 heavy (non-hydrogen) atoms. The summed E-state index contributed by atoms with van der Waals surface area (Å²) in [6.45, 7) is 9.33. The number of hydrogen-bond acceptors (Lipinski definition) is 0. The largest absolute Gasteiger partial charge is 0.256 e. The Labute approximate surface area is 189 Å². The predicted molar refractivity (Wildman–Crippen MR) is 133 cm³/mol. The van der Waals surface area contributed by atoms with Crippen molar-refractivity contribution in [2.24, 2.45) is 0 Å².